The van der Waals surface area contributed by atoms with Crippen molar-refractivity contribution < 1.29 is 4.42 Å². The molecule has 4 nitrogen and oxygen atoms in total. The van der Waals surface area contributed by atoms with E-state index in [0.29, 0.717) is 5.75 Å². The maximum Gasteiger partial charge on any atom is 0.204 e. The van der Waals surface area contributed by atoms with Crippen LogP contribution in [0, 0.1) is 0 Å². The average Bonchev–Trinajstić information content (AvgIpc) is 2.76. The summed E-state index contributed by atoms with van der Waals surface area (Å²) in [5.74, 6) is 2.31. The van der Waals surface area contributed by atoms with Crippen molar-refractivity contribution in [1.29, 1.82) is 0 Å². The Morgan fingerprint density at radius 2 is 2.00 bits per heavy atom. The molecule has 2 rings (SSSR count). The van der Waals surface area contributed by atoms with E-state index in [4.69, 9.17) is 4.42 Å². The van der Waals surface area contributed by atoms with Gasteiger partial charge in [-0.1, -0.05) is 32.5 Å². The lowest BCUT2D eigenvalue weighted by molar-refractivity contribution is 0.391. The van der Waals surface area contributed by atoms with E-state index in [0.717, 1.165) is 16.7 Å². The molecule has 2 heterocycles. The zero-order valence-corrected chi connectivity index (χ0v) is 11.0. The maximum atomic E-state index is 5.69. The van der Waals surface area contributed by atoms with Gasteiger partial charge in [-0.05, 0) is 0 Å². The molecule has 0 radical (unpaired) electrons. The Hall–Kier alpha value is -1.36. The number of oxazole rings is 1. The van der Waals surface area contributed by atoms with E-state index in [1.54, 1.807) is 36.5 Å². The fraction of sp³-hybridized carbons (Fsp3) is 0.417. The van der Waals surface area contributed by atoms with Gasteiger partial charge in [-0.2, -0.15) is 0 Å². The van der Waals surface area contributed by atoms with Gasteiger partial charge in [0.1, 0.15) is 10.8 Å². The van der Waals surface area contributed by atoms with Crippen LogP contribution in [-0.2, 0) is 11.2 Å². The number of hydrogen-bond donors (Lipinski definition) is 0. The minimum absolute atomic E-state index is 0.00245. The largest absolute Gasteiger partial charge is 0.444 e. The number of rotatable bonds is 3. The van der Waals surface area contributed by atoms with Crippen molar-refractivity contribution in [1.82, 2.24) is 15.0 Å². The first-order chi connectivity index (χ1) is 8.05. The van der Waals surface area contributed by atoms with Crippen LogP contribution in [0.5, 0.6) is 0 Å². The smallest absolute Gasteiger partial charge is 0.204 e. The third-order valence-corrected chi connectivity index (χ3v) is 3.07. The molecule has 0 unspecified atom stereocenters. The van der Waals surface area contributed by atoms with E-state index in [1.165, 1.54) is 0 Å². The van der Waals surface area contributed by atoms with Crippen molar-refractivity contribution in [2.24, 2.45) is 0 Å². The van der Waals surface area contributed by atoms with E-state index in [1.807, 2.05) is 0 Å². The topological polar surface area (TPSA) is 51.8 Å². The molecule has 0 aliphatic rings. The lowest BCUT2D eigenvalue weighted by Gasteiger charge is -2.12. The Morgan fingerprint density at radius 3 is 2.59 bits per heavy atom. The van der Waals surface area contributed by atoms with Crippen LogP contribution >= 0.6 is 11.8 Å². The second-order valence-electron chi connectivity index (χ2n) is 4.70. The van der Waals surface area contributed by atoms with Crippen molar-refractivity contribution in [2.75, 3.05) is 0 Å². The molecular formula is C12H15N3OS. The number of thioether (sulfide) groups is 1. The van der Waals surface area contributed by atoms with Gasteiger partial charge in [0.15, 0.2) is 0 Å². The molecule has 5 heteroatoms. The molecule has 0 amide bonds. The Labute approximate surface area is 105 Å². The zero-order chi connectivity index (χ0) is 12.3. The summed E-state index contributed by atoms with van der Waals surface area (Å²) in [4.78, 5) is 12.4. The summed E-state index contributed by atoms with van der Waals surface area (Å²) < 4.78 is 5.69. The zero-order valence-electron chi connectivity index (χ0n) is 10.2. The molecule has 0 aliphatic carbocycles. The molecular weight excluding hydrogens is 234 g/mol. The van der Waals surface area contributed by atoms with E-state index in [-0.39, 0.29) is 5.41 Å². The van der Waals surface area contributed by atoms with Crippen LogP contribution in [0.4, 0.5) is 0 Å². The molecule has 17 heavy (non-hydrogen) atoms. The summed E-state index contributed by atoms with van der Waals surface area (Å²) in [5.41, 5.74) is 0.00245. The van der Waals surface area contributed by atoms with Crippen molar-refractivity contribution in [3.05, 3.63) is 36.4 Å². The highest BCUT2D eigenvalue weighted by Crippen LogP contribution is 2.25. The van der Waals surface area contributed by atoms with Gasteiger partial charge in [0.05, 0.1) is 18.1 Å². The lowest BCUT2D eigenvalue weighted by atomic mass is 9.94. The molecule has 0 saturated carbocycles. The number of hydrogen-bond acceptors (Lipinski definition) is 5. The normalized spacial score (nSPS) is 11.7. The highest BCUT2D eigenvalue weighted by molar-refractivity contribution is 7.98. The lowest BCUT2D eigenvalue weighted by Crippen LogP contribution is -2.09. The second-order valence-corrected chi connectivity index (χ2v) is 5.70. The van der Waals surface area contributed by atoms with Crippen LogP contribution in [-0.4, -0.2) is 15.0 Å². The maximum absolute atomic E-state index is 5.69. The number of aromatic nitrogens is 3. The van der Waals surface area contributed by atoms with Gasteiger partial charge in [-0.25, -0.2) is 9.97 Å². The first kappa shape index (κ1) is 12.1. The van der Waals surface area contributed by atoms with Crippen LogP contribution < -0.4 is 0 Å². The summed E-state index contributed by atoms with van der Waals surface area (Å²) >= 11 is 1.57. The summed E-state index contributed by atoms with van der Waals surface area (Å²) in [6.07, 6.45) is 6.87. The summed E-state index contributed by atoms with van der Waals surface area (Å²) in [5, 5.41) is 0.878. The van der Waals surface area contributed by atoms with Crippen LogP contribution in [0.15, 0.2) is 34.2 Å². The van der Waals surface area contributed by atoms with Crippen molar-refractivity contribution in [2.45, 2.75) is 37.0 Å². The van der Waals surface area contributed by atoms with E-state index >= 15 is 0 Å². The first-order valence-electron chi connectivity index (χ1n) is 5.40. The van der Waals surface area contributed by atoms with E-state index in [2.05, 4.69) is 35.7 Å². The molecule has 0 saturated heterocycles. The monoisotopic (exact) mass is 249 g/mol. The molecule has 0 fully saturated rings. The summed E-state index contributed by atoms with van der Waals surface area (Å²) in [6.45, 7) is 6.31. The van der Waals surface area contributed by atoms with Gasteiger partial charge in [-0.3, -0.25) is 4.98 Å². The Bertz CT molecular complexity index is 476. The standard InChI is InChI=1S/C12H15N3OS/c1-12(2,3)9-6-15-10(16-9)8-17-11-7-13-4-5-14-11/h4-7H,8H2,1-3H3. The second kappa shape index (κ2) is 4.87. The van der Waals surface area contributed by atoms with Crippen LogP contribution in [0.25, 0.3) is 0 Å². The molecule has 2 aromatic heterocycles. The highest BCUT2D eigenvalue weighted by Gasteiger charge is 2.19. The predicted octanol–water partition coefficient (Wildman–Crippen LogP) is 3.05. The van der Waals surface area contributed by atoms with Crippen LogP contribution in [0.2, 0.25) is 0 Å². The van der Waals surface area contributed by atoms with Crippen LogP contribution in [0.1, 0.15) is 32.4 Å². The minimum atomic E-state index is 0.00245. The molecule has 2 aromatic rings. The fourth-order valence-electron chi connectivity index (χ4n) is 1.22. The molecule has 0 aromatic carbocycles. The van der Waals surface area contributed by atoms with Gasteiger partial charge >= 0.3 is 0 Å². The highest BCUT2D eigenvalue weighted by atomic mass is 32.2. The SMILES string of the molecule is CC(C)(C)c1cnc(CSc2cnccn2)o1. The van der Waals surface area contributed by atoms with Gasteiger partial charge in [0, 0.05) is 17.8 Å². The summed E-state index contributed by atoms with van der Waals surface area (Å²) in [7, 11) is 0. The average molecular weight is 249 g/mol. The predicted molar refractivity (Wildman–Crippen MR) is 66.8 cm³/mol. The quantitative estimate of drug-likeness (QED) is 0.782. The van der Waals surface area contributed by atoms with Crippen LogP contribution in [0.3, 0.4) is 0 Å². The Kier molecular flexibility index (Phi) is 3.47. The Balaban J connectivity index is 1.99. The molecule has 0 atom stereocenters. The molecule has 0 spiro atoms. The van der Waals surface area contributed by atoms with Crippen molar-refractivity contribution in [3.8, 4) is 0 Å². The van der Waals surface area contributed by atoms with E-state index < -0.39 is 0 Å². The molecule has 0 bridgehead atoms. The minimum Gasteiger partial charge on any atom is -0.444 e. The van der Waals surface area contributed by atoms with Crippen molar-refractivity contribution in [3.63, 3.8) is 0 Å². The molecule has 0 aliphatic heterocycles. The van der Waals surface area contributed by atoms with E-state index in [9.17, 15) is 0 Å². The molecule has 90 valence electrons. The van der Waals surface area contributed by atoms with Crippen molar-refractivity contribution >= 4 is 11.8 Å². The van der Waals surface area contributed by atoms with Gasteiger partial charge in [-0.15, -0.1) is 0 Å². The summed E-state index contributed by atoms with van der Waals surface area (Å²) in [6, 6.07) is 0. The molecule has 0 N–H and O–H groups in total. The van der Waals surface area contributed by atoms with Gasteiger partial charge < -0.3 is 4.42 Å². The van der Waals surface area contributed by atoms with Gasteiger partial charge in [0.2, 0.25) is 5.89 Å². The third kappa shape index (κ3) is 3.30. The Morgan fingerprint density at radius 1 is 1.18 bits per heavy atom. The number of nitrogens with zero attached hydrogens (tertiary/aromatic N) is 3. The third-order valence-electron chi connectivity index (χ3n) is 2.18. The van der Waals surface area contributed by atoms with Gasteiger partial charge in [0.25, 0.3) is 0 Å². The fourth-order valence-corrected chi connectivity index (χ4v) is 1.89. The first-order valence-corrected chi connectivity index (χ1v) is 6.38.